The lowest BCUT2D eigenvalue weighted by Gasteiger charge is -2.23. The van der Waals surface area contributed by atoms with Gasteiger partial charge in [-0.1, -0.05) is 41.9 Å². The lowest BCUT2D eigenvalue weighted by molar-refractivity contribution is -0.138. The van der Waals surface area contributed by atoms with Crippen molar-refractivity contribution in [3.8, 4) is 0 Å². The topological polar surface area (TPSA) is 49.4 Å². The molecule has 112 valence electrons. The SMILES string of the molecule is CC1(c2ccc(Cl)cc2)CC(=O)N(Nc2ccccc2)C1=O. The molecule has 22 heavy (non-hydrogen) atoms. The highest BCUT2D eigenvalue weighted by atomic mass is 35.5. The van der Waals surface area contributed by atoms with E-state index in [2.05, 4.69) is 5.43 Å². The van der Waals surface area contributed by atoms with Gasteiger partial charge in [0.15, 0.2) is 0 Å². The number of carbonyl (C=O) groups is 2. The predicted octanol–water partition coefficient (Wildman–Crippen LogP) is 3.38. The number of amides is 2. The summed E-state index contributed by atoms with van der Waals surface area (Å²) < 4.78 is 0. The minimum Gasteiger partial charge on any atom is -0.289 e. The number of nitrogens with zero attached hydrogens (tertiary/aromatic N) is 1. The summed E-state index contributed by atoms with van der Waals surface area (Å²) in [5.74, 6) is -0.505. The summed E-state index contributed by atoms with van der Waals surface area (Å²) in [4.78, 5) is 25.0. The van der Waals surface area contributed by atoms with Crippen LogP contribution in [0.3, 0.4) is 0 Å². The Balaban J connectivity index is 1.89. The Hall–Kier alpha value is -2.33. The molecular formula is C17H15ClN2O2. The van der Waals surface area contributed by atoms with E-state index in [1.54, 1.807) is 43.3 Å². The van der Waals surface area contributed by atoms with Crippen LogP contribution in [0.2, 0.25) is 5.02 Å². The predicted molar refractivity (Wildman–Crippen MR) is 85.3 cm³/mol. The van der Waals surface area contributed by atoms with Crippen LogP contribution >= 0.6 is 11.6 Å². The van der Waals surface area contributed by atoms with E-state index in [1.807, 2.05) is 18.2 Å². The van der Waals surface area contributed by atoms with E-state index >= 15 is 0 Å². The quantitative estimate of drug-likeness (QED) is 0.884. The normalized spacial score (nSPS) is 21.3. The number of benzene rings is 2. The number of hydrogen-bond donors (Lipinski definition) is 1. The largest absolute Gasteiger partial charge is 0.289 e. The highest BCUT2D eigenvalue weighted by Crippen LogP contribution is 2.36. The van der Waals surface area contributed by atoms with Crippen LogP contribution in [0.15, 0.2) is 54.6 Å². The molecule has 0 aromatic heterocycles. The molecule has 0 saturated carbocycles. The second-order valence-corrected chi connectivity index (χ2v) is 5.96. The van der Waals surface area contributed by atoms with Crippen molar-refractivity contribution in [3.63, 3.8) is 0 Å². The van der Waals surface area contributed by atoms with Gasteiger partial charge in [-0.25, -0.2) is 0 Å². The first-order valence-electron chi connectivity index (χ1n) is 6.96. The molecule has 0 spiro atoms. The van der Waals surface area contributed by atoms with Gasteiger partial charge >= 0.3 is 0 Å². The average molecular weight is 315 g/mol. The average Bonchev–Trinajstić information content (AvgIpc) is 2.73. The third kappa shape index (κ3) is 2.46. The molecule has 1 aliphatic heterocycles. The number of para-hydroxylation sites is 1. The number of carbonyl (C=O) groups excluding carboxylic acids is 2. The van der Waals surface area contributed by atoms with E-state index in [9.17, 15) is 9.59 Å². The van der Waals surface area contributed by atoms with Crippen LogP contribution in [0, 0.1) is 0 Å². The van der Waals surface area contributed by atoms with Crippen LogP contribution < -0.4 is 5.43 Å². The fourth-order valence-electron chi connectivity index (χ4n) is 2.62. The Kier molecular flexibility index (Phi) is 3.62. The van der Waals surface area contributed by atoms with Crippen molar-refractivity contribution in [3.05, 3.63) is 65.2 Å². The zero-order chi connectivity index (χ0) is 15.7. The molecule has 1 unspecified atom stereocenters. The van der Waals surface area contributed by atoms with Crippen LogP contribution in [0.1, 0.15) is 18.9 Å². The zero-order valence-corrected chi connectivity index (χ0v) is 12.8. The van der Waals surface area contributed by atoms with Gasteiger partial charge in [0.25, 0.3) is 5.91 Å². The number of rotatable bonds is 3. The number of halogens is 1. The molecule has 3 rings (SSSR count). The summed E-state index contributed by atoms with van der Waals surface area (Å²) >= 11 is 5.89. The Bertz CT molecular complexity index is 715. The van der Waals surface area contributed by atoms with Gasteiger partial charge in [-0.3, -0.25) is 15.0 Å². The molecule has 1 atom stereocenters. The standard InChI is InChI=1S/C17H15ClN2O2/c1-17(12-7-9-13(18)10-8-12)11-15(21)20(16(17)22)19-14-5-3-2-4-6-14/h2-10,19H,11H2,1H3. The van der Waals surface area contributed by atoms with Crippen molar-refractivity contribution < 1.29 is 9.59 Å². The molecule has 5 heteroatoms. The van der Waals surface area contributed by atoms with Crippen LogP contribution in [-0.4, -0.2) is 16.8 Å². The van der Waals surface area contributed by atoms with Gasteiger partial charge in [0.1, 0.15) is 0 Å². The number of hydrazine groups is 1. The third-order valence-corrected chi connectivity index (χ3v) is 4.18. The number of nitrogens with one attached hydrogen (secondary N) is 1. The van der Waals surface area contributed by atoms with Crippen molar-refractivity contribution >= 4 is 29.1 Å². The van der Waals surface area contributed by atoms with Crippen LogP contribution in [0.5, 0.6) is 0 Å². The molecule has 1 heterocycles. The summed E-state index contributed by atoms with van der Waals surface area (Å²) in [6.45, 7) is 1.78. The van der Waals surface area contributed by atoms with Crippen LogP contribution in [-0.2, 0) is 15.0 Å². The summed E-state index contributed by atoms with van der Waals surface area (Å²) in [6.07, 6.45) is 0.132. The molecule has 1 fully saturated rings. The van der Waals surface area contributed by atoms with Crippen molar-refractivity contribution in [2.24, 2.45) is 0 Å². The molecule has 0 radical (unpaired) electrons. The molecule has 0 aliphatic carbocycles. The highest BCUT2D eigenvalue weighted by Gasteiger charge is 2.49. The first kappa shape index (κ1) is 14.6. The fourth-order valence-corrected chi connectivity index (χ4v) is 2.74. The van der Waals surface area contributed by atoms with Gasteiger partial charge in [-0.15, -0.1) is 0 Å². The van der Waals surface area contributed by atoms with E-state index < -0.39 is 5.41 Å². The van der Waals surface area contributed by atoms with Crippen LogP contribution in [0.25, 0.3) is 0 Å². The van der Waals surface area contributed by atoms with E-state index in [-0.39, 0.29) is 18.2 Å². The molecule has 2 aromatic rings. The summed E-state index contributed by atoms with van der Waals surface area (Å²) in [6, 6.07) is 16.2. The van der Waals surface area contributed by atoms with E-state index in [0.717, 1.165) is 10.6 Å². The highest BCUT2D eigenvalue weighted by molar-refractivity contribution is 6.30. The Morgan fingerprint density at radius 3 is 2.32 bits per heavy atom. The maximum Gasteiger partial charge on any atom is 0.259 e. The van der Waals surface area contributed by atoms with Crippen molar-refractivity contribution in [1.82, 2.24) is 5.01 Å². The van der Waals surface area contributed by atoms with Crippen molar-refractivity contribution in [2.75, 3.05) is 5.43 Å². The molecule has 1 N–H and O–H groups in total. The lowest BCUT2D eigenvalue weighted by Crippen LogP contribution is -2.40. The van der Waals surface area contributed by atoms with Crippen molar-refractivity contribution in [1.29, 1.82) is 0 Å². The number of imide groups is 1. The Labute approximate surface area is 133 Å². The Morgan fingerprint density at radius 2 is 1.68 bits per heavy atom. The summed E-state index contributed by atoms with van der Waals surface area (Å²) in [5, 5.41) is 1.70. The van der Waals surface area contributed by atoms with Gasteiger partial charge in [0, 0.05) is 11.4 Å². The number of hydrogen-bond acceptors (Lipinski definition) is 3. The smallest absolute Gasteiger partial charge is 0.259 e. The van der Waals surface area contributed by atoms with Gasteiger partial charge in [-0.05, 0) is 36.8 Å². The van der Waals surface area contributed by atoms with Gasteiger partial charge in [0.2, 0.25) is 5.91 Å². The first-order chi connectivity index (χ1) is 10.5. The van der Waals surface area contributed by atoms with E-state index in [1.165, 1.54) is 0 Å². The van der Waals surface area contributed by atoms with E-state index in [4.69, 9.17) is 11.6 Å². The molecule has 2 aromatic carbocycles. The van der Waals surface area contributed by atoms with Gasteiger partial charge in [0.05, 0.1) is 11.1 Å². The molecule has 4 nitrogen and oxygen atoms in total. The summed E-state index contributed by atoms with van der Waals surface area (Å²) in [5.41, 5.74) is 3.50. The fraction of sp³-hybridized carbons (Fsp3) is 0.176. The second-order valence-electron chi connectivity index (χ2n) is 5.53. The number of anilines is 1. The molecular weight excluding hydrogens is 300 g/mol. The second kappa shape index (κ2) is 5.46. The third-order valence-electron chi connectivity index (χ3n) is 3.93. The van der Waals surface area contributed by atoms with Crippen LogP contribution in [0.4, 0.5) is 5.69 Å². The van der Waals surface area contributed by atoms with Gasteiger partial charge in [-0.2, -0.15) is 5.01 Å². The van der Waals surface area contributed by atoms with Gasteiger partial charge < -0.3 is 0 Å². The maximum absolute atomic E-state index is 12.7. The zero-order valence-electron chi connectivity index (χ0n) is 12.0. The molecule has 0 bridgehead atoms. The molecule has 2 amide bonds. The first-order valence-corrected chi connectivity index (χ1v) is 7.34. The van der Waals surface area contributed by atoms with Crippen molar-refractivity contribution in [2.45, 2.75) is 18.8 Å². The maximum atomic E-state index is 12.7. The Morgan fingerprint density at radius 1 is 1.05 bits per heavy atom. The summed E-state index contributed by atoms with van der Waals surface area (Å²) in [7, 11) is 0. The minimum absolute atomic E-state index is 0.132. The monoisotopic (exact) mass is 314 g/mol. The molecule has 1 saturated heterocycles. The van der Waals surface area contributed by atoms with E-state index in [0.29, 0.717) is 10.7 Å². The molecule has 1 aliphatic rings. The lowest BCUT2D eigenvalue weighted by atomic mass is 9.81. The minimum atomic E-state index is -0.872.